The highest BCUT2D eigenvalue weighted by Gasteiger charge is 2.41. The summed E-state index contributed by atoms with van der Waals surface area (Å²) in [6, 6.07) is 11.8. The highest BCUT2D eigenvalue weighted by Crippen LogP contribution is 2.45. The molecular weight excluding hydrogens is 374 g/mol. The maximum Gasteiger partial charge on any atom is 0.219 e. The summed E-state index contributed by atoms with van der Waals surface area (Å²) < 4.78 is 11.4. The van der Waals surface area contributed by atoms with Gasteiger partial charge in [-0.3, -0.25) is 4.79 Å². The number of hydrogen-bond donors (Lipinski definition) is 0. The highest BCUT2D eigenvalue weighted by atomic mass is 35.5. The average Bonchev–Trinajstić information content (AvgIpc) is 3.13. The van der Waals surface area contributed by atoms with Crippen LogP contribution in [0.4, 0.5) is 0 Å². The predicted molar refractivity (Wildman–Crippen MR) is 111 cm³/mol. The fourth-order valence-electron chi connectivity index (χ4n) is 4.40. The molecular formula is C23H30ClNO3. The fraction of sp³-hybridized carbons (Fsp3) is 0.522. The third-order valence-electron chi connectivity index (χ3n) is 5.73. The standard InChI is InChI=1S/C23H30ClNO3/c1-18(26)25(16-20-8-6-13-27-20)12-10-23(11-14-28-22(2,3)17-23)15-19-7-4-5-9-21(19)24/h4-9,13H,10-12,14-17H2,1-3H3/t23-/m1/s1. The molecule has 1 saturated heterocycles. The van der Waals surface area contributed by atoms with E-state index in [2.05, 4.69) is 19.9 Å². The molecule has 5 heteroatoms. The van der Waals surface area contributed by atoms with Crippen LogP contribution in [-0.2, 0) is 22.5 Å². The van der Waals surface area contributed by atoms with Gasteiger partial charge in [0, 0.05) is 25.1 Å². The van der Waals surface area contributed by atoms with Crippen molar-refractivity contribution in [3.63, 3.8) is 0 Å². The molecule has 1 fully saturated rings. The average molecular weight is 404 g/mol. The molecule has 0 bridgehead atoms. The van der Waals surface area contributed by atoms with Crippen LogP contribution in [0.3, 0.4) is 0 Å². The fourth-order valence-corrected chi connectivity index (χ4v) is 4.60. The van der Waals surface area contributed by atoms with Gasteiger partial charge in [0.1, 0.15) is 5.76 Å². The topological polar surface area (TPSA) is 42.7 Å². The lowest BCUT2D eigenvalue weighted by Crippen LogP contribution is -2.44. The summed E-state index contributed by atoms with van der Waals surface area (Å²) in [5.41, 5.74) is 1.04. The zero-order valence-corrected chi connectivity index (χ0v) is 17.8. The molecule has 3 rings (SSSR count). The second-order valence-corrected chi connectivity index (χ2v) is 8.98. The van der Waals surface area contributed by atoms with Crippen LogP contribution in [0.25, 0.3) is 0 Å². The first-order valence-electron chi connectivity index (χ1n) is 9.94. The van der Waals surface area contributed by atoms with Crippen molar-refractivity contribution in [2.24, 2.45) is 5.41 Å². The van der Waals surface area contributed by atoms with Crippen LogP contribution in [0.1, 0.15) is 51.4 Å². The van der Waals surface area contributed by atoms with Crippen LogP contribution in [0.15, 0.2) is 47.1 Å². The quantitative estimate of drug-likeness (QED) is 0.613. The first-order valence-corrected chi connectivity index (χ1v) is 10.3. The first kappa shape index (κ1) is 20.9. The zero-order valence-electron chi connectivity index (χ0n) is 17.0. The molecule has 152 valence electrons. The zero-order chi connectivity index (χ0) is 20.2. The summed E-state index contributed by atoms with van der Waals surface area (Å²) in [6.45, 7) is 7.85. The Balaban J connectivity index is 1.78. The summed E-state index contributed by atoms with van der Waals surface area (Å²) in [7, 11) is 0. The van der Waals surface area contributed by atoms with Gasteiger partial charge in [0.05, 0.1) is 18.4 Å². The molecule has 0 aliphatic carbocycles. The Hall–Kier alpha value is -1.78. The molecule has 0 N–H and O–H groups in total. The van der Waals surface area contributed by atoms with E-state index in [1.165, 1.54) is 5.56 Å². The van der Waals surface area contributed by atoms with Crippen LogP contribution in [0, 0.1) is 5.41 Å². The highest BCUT2D eigenvalue weighted by molar-refractivity contribution is 6.31. The van der Waals surface area contributed by atoms with Gasteiger partial charge in [-0.25, -0.2) is 0 Å². The van der Waals surface area contributed by atoms with Gasteiger partial charge < -0.3 is 14.1 Å². The molecule has 4 nitrogen and oxygen atoms in total. The van der Waals surface area contributed by atoms with Crippen molar-refractivity contribution < 1.29 is 13.9 Å². The molecule has 1 aliphatic rings. The SMILES string of the molecule is CC(=O)N(CC[C@]1(Cc2ccccc2Cl)CCOC(C)(C)C1)Cc1ccco1. The summed E-state index contributed by atoms with van der Waals surface area (Å²) in [5.74, 6) is 0.873. The van der Waals surface area contributed by atoms with Gasteiger partial charge in [-0.05, 0) is 68.7 Å². The molecule has 1 aromatic carbocycles. The van der Waals surface area contributed by atoms with E-state index in [-0.39, 0.29) is 16.9 Å². The molecule has 0 spiro atoms. The van der Waals surface area contributed by atoms with Gasteiger partial charge in [0.2, 0.25) is 5.91 Å². The number of amides is 1. The van der Waals surface area contributed by atoms with Crippen LogP contribution in [-0.4, -0.2) is 29.6 Å². The number of carbonyl (C=O) groups is 1. The maximum absolute atomic E-state index is 12.2. The first-order chi connectivity index (χ1) is 13.3. The van der Waals surface area contributed by atoms with Crippen molar-refractivity contribution in [2.75, 3.05) is 13.2 Å². The Morgan fingerprint density at radius 2 is 2.00 bits per heavy atom. The summed E-state index contributed by atoms with van der Waals surface area (Å²) in [6.07, 6.45) is 5.36. The summed E-state index contributed by atoms with van der Waals surface area (Å²) in [5, 5.41) is 0.810. The summed E-state index contributed by atoms with van der Waals surface area (Å²) in [4.78, 5) is 14.1. The van der Waals surface area contributed by atoms with Crippen molar-refractivity contribution in [3.8, 4) is 0 Å². The smallest absolute Gasteiger partial charge is 0.219 e. The number of ether oxygens (including phenoxy) is 1. The number of rotatable bonds is 7. The lowest BCUT2D eigenvalue weighted by Gasteiger charge is -2.46. The third-order valence-corrected chi connectivity index (χ3v) is 6.10. The molecule has 1 atom stereocenters. The normalized spacial score (nSPS) is 21.4. The molecule has 1 amide bonds. The van der Waals surface area contributed by atoms with Gasteiger partial charge in [0.25, 0.3) is 0 Å². The molecule has 0 unspecified atom stereocenters. The lowest BCUT2D eigenvalue weighted by molar-refractivity contribution is -0.131. The number of halogens is 1. The van der Waals surface area contributed by atoms with Gasteiger partial charge >= 0.3 is 0 Å². The molecule has 0 radical (unpaired) electrons. The number of hydrogen-bond acceptors (Lipinski definition) is 3. The van der Waals surface area contributed by atoms with Crippen molar-refractivity contribution in [1.82, 2.24) is 4.90 Å². The van der Waals surface area contributed by atoms with Crippen molar-refractivity contribution in [1.29, 1.82) is 0 Å². The summed E-state index contributed by atoms with van der Waals surface area (Å²) >= 11 is 6.48. The molecule has 1 aromatic heterocycles. The van der Waals surface area contributed by atoms with Gasteiger partial charge in [-0.15, -0.1) is 0 Å². The Morgan fingerprint density at radius 1 is 1.21 bits per heavy atom. The van der Waals surface area contributed by atoms with Gasteiger partial charge in [-0.2, -0.15) is 0 Å². The van der Waals surface area contributed by atoms with E-state index < -0.39 is 0 Å². The molecule has 28 heavy (non-hydrogen) atoms. The minimum Gasteiger partial charge on any atom is -0.467 e. The lowest BCUT2D eigenvalue weighted by atomic mass is 9.68. The van der Waals surface area contributed by atoms with Crippen molar-refractivity contribution in [2.45, 2.75) is 58.6 Å². The molecule has 1 aliphatic heterocycles. The van der Waals surface area contributed by atoms with Crippen LogP contribution in [0.5, 0.6) is 0 Å². The molecule has 0 saturated carbocycles. The van der Waals surface area contributed by atoms with E-state index in [9.17, 15) is 4.79 Å². The Bertz CT molecular complexity index is 787. The maximum atomic E-state index is 12.2. The number of nitrogens with zero attached hydrogens (tertiary/aromatic N) is 1. The minimum absolute atomic E-state index is 0.0452. The second-order valence-electron chi connectivity index (χ2n) is 8.57. The van der Waals surface area contributed by atoms with E-state index in [1.807, 2.05) is 35.2 Å². The van der Waals surface area contributed by atoms with Crippen molar-refractivity contribution in [3.05, 3.63) is 59.0 Å². The van der Waals surface area contributed by atoms with E-state index in [4.69, 9.17) is 20.8 Å². The predicted octanol–water partition coefficient (Wildman–Crippen LogP) is 5.49. The Labute approximate surface area is 172 Å². The van der Waals surface area contributed by atoms with E-state index in [0.717, 1.165) is 43.1 Å². The van der Waals surface area contributed by atoms with Gasteiger partial charge in [0.15, 0.2) is 0 Å². The van der Waals surface area contributed by atoms with Crippen LogP contribution in [0.2, 0.25) is 5.02 Å². The minimum atomic E-state index is -0.179. The van der Waals surface area contributed by atoms with Crippen LogP contribution < -0.4 is 0 Å². The molecule has 2 aromatic rings. The second kappa shape index (κ2) is 8.71. The van der Waals surface area contributed by atoms with E-state index in [0.29, 0.717) is 13.1 Å². The van der Waals surface area contributed by atoms with Crippen molar-refractivity contribution >= 4 is 17.5 Å². The largest absolute Gasteiger partial charge is 0.467 e. The number of furan rings is 1. The van der Waals surface area contributed by atoms with Gasteiger partial charge in [-0.1, -0.05) is 29.8 Å². The Kier molecular flexibility index (Phi) is 6.51. The Morgan fingerprint density at radius 3 is 2.64 bits per heavy atom. The number of carbonyl (C=O) groups excluding carboxylic acids is 1. The number of benzene rings is 1. The van der Waals surface area contributed by atoms with E-state index >= 15 is 0 Å². The monoisotopic (exact) mass is 403 g/mol. The van der Waals surface area contributed by atoms with Crippen LogP contribution >= 0.6 is 11.6 Å². The third kappa shape index (κ3) is 5.39. The molecule has 2 heterocycles. The van der Waals surface area contributed by atoms with E-state index in [1.54, 1.807) is 13.2 Å².